The summed E-state index contributed by atoms with van der Waals surface area (Å²) in [6.45, 7) is 3.10. The molecule has 1 heterocycles. The van der Waals surface area contributed by atoms with Crippen LogP contribution in [0.25, 0.3) is 0 Å². The largest absolute Gasteiger partial charge is 0.481 e. The number of halogens is 2. The van der Waals surface area contributed by atoms with Gasteiger partial charge in [0, 0.05) is 5.56 Å². The Labute approximate surface area is 117 Å². The summed E-state index contributed by atoms with van der Waals surface area (Å²) in [5.41, 5.74) is -0.889. The van der Waals surface area contributed by atoms with Crippen LogP contribution in [0.1, 0.15) is 38.2 Å². The minimum absolute atomic E-state index is 0.127. The van der Waals surface area contributed by atoms with Crippen molar-refractivity contribution in [1.82, 2.24) is 4.90 Å². The van der Waals surface area contributed by atoms with Gasteiger partial charge in [-0.15, -0.1) is 0 Å². The van der Waals surface area contributed by atoms with E-state index in [2.05, 4.69) is 0 Å². The molecular formula is C15H19F2NO2. The quantitative estimate of drug-likeness (QED) is 0.923. The lowest BCUT2D eigenvalue weighted by atomic mass is 9.84. The highest BCUT2D eigenvalue weighted by atomic mass is 19.2. The van der Waals surface area contributed by atoms with Gasteiger partial charge in [0.1, 0.15) is 0 Å². The van der Waals surface area contributed by atoms with Crippen molar-refractivity contribution in [3.8, 4) is 0 Å². The van der Waals surface area contributed by atoms with Gasteiger partial charge in [-0.1, -0.05) is 18.6 Å². The second-order valence-corrected chi connectivity index (χ2v) is 5.49. The summed E-state index contributed by atoms with van der Waals surface area (Å²) in [6, 6.07) is 3.96. The van der Waals surface area contributed by atoms with Gasteiger partial charge in [0.25, 0.3) is 0 Å². The molecule has 1 aromatic rings. The van der Waals surface area contributed by atoms with Gasteiger partial charge in [-0.3, -0.25) is 9.69 Å². The number of benzene rings is 1. The smallest absolute Gasteiger partial charge is 0.305 e. The number of carboxylic acids is 1. The first-order chi connectivity index (χ1) is 9.45. The Morgan fingerprint density at radius 1 is 1.30 bits per heavy atom. The summed E-state index contributed by atoms with van der Waals surface area (Å²) >= 11 is 0. The van der Waals surface area contributed by atoms with Crippen molar-refractivity contribution >= 4 is 5.97 Å². The van der Waals surface area contributed by atoms with Crippen LogP contribution in [0.15, 0.2) is 18.2 Å². The molecule has 5 heteroatoms. The van der Waals surface area contributed by atoms with Crippen molar-refractivity contribution in [1.29, 1.82) is 0 Å². The highest BCUT2D eigenvalue weighted by molar-refractivity contribution is 5.69. The number of rotatable bonds is 4. The molecule has 20 heavy (non-hydrogen) atoms. The average molecular weight is 283 g/mol. The molecule has 1 fully saturated rings. The van der Waals surface area contributed by atoms with Gasteiger partial charge in [0.2, 0.25) is 0 Å². The van der Waals surface area contributed by atoms with Crippen molar-refractivity contribution in [3.63, 3.8) is 0 Å². The molecule has 0 spiro atoms. The third kappa shape index (κ3) is 2.82. The summed E-state index contributed by atoms with van der Waals surface area (Å²) in [6.07, 6.45) is 2.75. The molecule has 1 aromatic carbocycles. The molecule has 1 N–H and O–H groups in total. The molecule has 1 atom stereocenters. The maximum atomic E-state index is 14.1. The van der Waals surface area contributed by atoms with Crippen LogP contribution in [0.4, 0.5) is 8.78 Å². The third-order valence-electron chi connectivity index (χ3n) is 4.08. The standard InChI is InChI=1S/C15H19F2NO2/c1-15(10-13(19)20,18-8-3-2-4-9-18)11-6-5-7-12(16)14(11)17/h5-7H,2-4,8-10H2,1H3,(H,19,20). The van der Waals surface area contributed by atoms with Crippen LogP contribution in [-0.4, -0.2) is 29.1 Å². The Balaban J connectivity index is 2.44. The van der Waals surface area contributed by atoms with Crippen molar-refractivity contribution in [2.75, 3.05) is 13.1 Å². The van der Waals surface area contributed by atoms with Crippen LogP contribution in [0, 0.1) is 11.6 Å². The highest BCUT2D eigenvalue weighted by Crippen LogP contribution is 2.36. The molecule has 3 nitrogen and oxygen atoms in total. The number of hydrogen-bond acceptors (Lipinski definition) is 2. The number of aliphatic carboxylic acids is 1. The van der Waals surface area contributed by atoms with Crippen molar-refractivity contribution < 1.29 is 18.7 Å². The van der Waals surface area contributed by atoms with Crippen LogP contribution < -0.4 is 0 Å². The number of carboxylic acid groups (broad SMARTS) is 1. The molecule has 1 saturated heterocycles. The number of hydrogen-bond donors (Lipinski definition) is 1. The lowest BCUT2D eigenvalue weighted by Crippen LogP contribution is -2.48. The van der Waals surface area contributed by atoms with E-state index in [1.54, 1.807) is 6.92 Å². The zero-order chi connectivity index (χ0) is 14.8. The molecule has 2 rings (SSSR count). The van der Waals surface area contributed by atoms with E-state index in [0.29, 0.717) is 13.1 Å². The number of piperidine rings is 1. The van der Waals surface area contributed by atoms with Crippen molar-refractivity contribution in [2.24, 2.45) is 0 Å². The van der Waals surface area contributed by atoms with E-state index in [0.717, 1.165) is 25.3 Å². The summed E-state index contributed by atoms with van der Waals surface area (Å²) in [5, 5.41) is 9.16. The monoisotopic (exact) mass is 283 g/mol. The molecule has 1 aliphatic rings. The SMILES string of the molecule is CC(CC(=O)O)(c1cccc(F)c1F)N1CCCCC1. The first-order valence-electron chi connectivity index (χ1n) is 6.86. The molecule has 0 amide bonds. The Kier molecular flexibility index (Phi) is 4.38. The number of likely N-dealkylation sites (tertiary alicyclic amines) is 1. The molecule has 0 saturated carbocycles. The minimum Gasteiger partial charge on any atom is -0.481 e. The maximum absolute atomic E-state index is 14.1. The predicted octanol–water partition coefficient (Wildman–Crippen LogP) is 3.14. The zero-order valence-electron chi connectivity index (χ0n) is 11.5. The Morgan fingerprint density at radius 2 is 1.95 bits per heavy atom. The Morgan fingerprint density at radius 3 is 2.55 bits per heavy atom. The maximum Gasteiger partial charge on any atom is 0.305 e. The molecule has 1 unspecified atom stereocenters. The van der Waals surface area contributed by atoms with Gasteiger partial charge in [-0.25, -0.2) is 8.78 Å². The summed E-state index contributed by atoms with van der Waals surface area (Å²) in [5.74, 6) is -2.89. The topological polar surface area (TPSA) is 40.5 Å². The molecule has 0 radical (unpaired) electrons. The van der Waals surface area contributed by atoms with E-state index in [1.165, 1.54) is 12.1 Å². The minimum atomic E-state index is -1.02. The molecule has 1 aliphatic heterocycles. The average Bonchev–Trinajstić information content (AvgIpc) is 2.42. The second kappa shape index (κ2) is 5.87. The normalized spacial score (nSPS) is 19.6. The van der Waals surface area contributed by atoms with E-state index in [1.807, 2.05) is 4.90 Å². The van der Waals surface area contributed by atoms with Crippen molar-refractivity contribution in [2.45, 2.75) is 38.1 Å². The van der Waals surface area contributed by atoms with Crippen molar-refractivity contribution in [3.05, 3.63) is 35.4 Å². The lowest BCUT2D eigenvalue weighted by molar-refractivity contribution is -0.140. The Hall–Kier alpha value is -1.49. The Bertz CT molecular complexity index is 501. The van der Waals surface area contributed by atoms with E-state index in [4.69, 9.17) is 5.11 Å². The van der Waals surface area contributed by atoms with Gasteiger partial charge < -0.3 is 5.11 Å². The van der Waals surface area contributed by atoms with Crippen LogP contribution in [-0.2, 0) is 10.3 Å². The summed E-state index contributed by atoms with van der Waals surface area (Å²) in [4.78, 5) is 13.1. The summed E-state index contributed by atoms with van der Waals surface area (Å²) in [7, 11) is 0. The van der Waals surface area contributed by atoms with Gasteiger partial charge >= 0.3 is 5.97 Å². The fourth-order valence-electron chi connectivity index (χ4n) is 2.98. The molecular weight excluding hydrogens is 264 g/mol. The van der Waals surface area contributed by atoms with Gasteiger partial charge in [-0.2, -0.15) is 0 Å². The van der Waals surface area contributed by atoms with Gasteiger partial charge in [0.05, 0.1) is 12.0 Å². The van der Waals surface area contributed by atoms with Crippen LogP contribution in [0.5, 0.6) is 0 Å². The zero-order valence-corrected chi connectivity index (χ0v) is 11.5. The van der Waals surface area contributed by atoms with E-state index in [-0.39, 0.29) is 12.0 Å². The van der Waals surface area contributed by atoms with Crippen LogP contribution >= 0.6 is 0 Å². The highest BCUT2D eigenvalue weighted by Gasteiger charge is 2.39. The molecule has 110 valence electrons. The second-order valence-electron chi connectivity index (χ2n) is 5.49. The predicted molar refractivity (Wildman–Crippen MR) is 71.4 cm³/mol. The fourth-order valence-corrected chi connectivity index (χ4v) is 2.98. The number of nitrogens with zero attached hydrogens (tertiary/aromatic N) is 1. The lowest BCUT2D eigenvalue weighted by Gasteiger charge is -2.43. The number of carbonyl (C=O) groups is 1. The molecule has 0 bridgehead atoms. The van der Waals surface area contributed by atoms with Gasteiger partial charge in [0.15, 0.2) is 11.6 Å². The third-order valence-corrected chi connectivity index (χ3v) is 4.08. The summed E-state index contributed by atoms with van der Waals surface area (Å²) < 4.78 is 27.6. The van der Waals surface area contributed by atoms with E-state index >= 15 is 0 Å². The molecule has 0 aliphatic carbocycles. The van der Waals surface area contributed by atoms with E-state index < -0.39 is 23.1 Å². The first-order valence-corrected chi connectivity index (χ1v) is 6.86. The van der Waals surface area contributed by atoms with Crippen LogP contribution in [0.2, 0.25) is 0 Å². The first kappa shape index (κ1) is 14.9. The van der Waals surface area contributed by atoms with Crippen LogP contribution in [0.3, 0.4) is 0 Å². The fraction of sp³-hybridized carbons (Fsp3) is 0.533. The van der Waals surface area contributed by atoms with E-state index in [9.17, 15) is 13.6 Å². The molecule has 0 aromatic heterocycles. The van der Waals surface area contributed by atoms with Gasteiger partial charge in [-0.05, 0) is 38.9 Å².